The normalized spacial score (nSPS) is 20.3. The molecule has 0 N–H and O–H groups in total. The molecule has 0 amide bonds. The van der Waals surface area contributed by atoms with E-state index in [0.717, 1.165) is 81.3 Å². The Kier molecular flexibility index (Phi) is 7.79. The van der Waals surface area contributed by atoms with Crippen LogP contribution in [0, 0.1) is 17.8 Å². The molecule has 0 fully saturated rings. The molecule has 0 radical (unpaired) electrons. The van der Waals surface area contributed by atoms with Crippen molar-refractivity contribution in [1.82, 2.24) is 9.97 Å². The summed E-state index contributed by atoms with van der Waals surface area (Å²) in [5, 5.41) is 2.30. The summed E-state index contributed by atoms with van der Waals surface area (Å²) in [7, 11) is 0. The summed E-state index contributed by atoms with van der Waals surface area (Å²) in [6.07, 6.45) is 29.7. The summed E-state index contributed by atoms with van der Waals surface area (Å²) in [4.78, 5) is 10.5. The predicted molar refractivity (Wildman–Crippen MR) is 236 cm³/mol. The number of rotatable bonds is 6. The fourth-order valence-electron chi connectivity index (χ4n) is 9.92. The maximum Gasteiger partial charge on any atom is 0.160 e. The standard InChI is InChI=1S/C54H38N2O/c1-2-3-24-41-39-25-11-14-28-44(39)54(45-29-15-12-27-43(45)50-46(54)32-31-42-40-26-13-16-30-49(40)57-52(42)50)51(41)37-22-17-23-38(33-37)53-55-47(35-18-7-4-5-8-19-35)34-48(56-53)36-20-9-6-10-21-36/h2-3,7,9,11-28,30-34,45H,1,4,6,10,29H2. The summed E-state index contributed by atoms with van der Waals surface area (Å²) >= 11 is 0. The van der Waals surface area contributed by atoms with E-state index in [2.05, 4.69) is 170 Å². The molecule has 5 aliphatic rings. The van der Waals surface area contributed by atoms with Gasteiger partial charge in [-0.1, -0.05) is 158 Å². The fourth-order valence-corrected chi connectivity index (χ4v) is 9.92. The molecule has 0 saturated heterocycles. The van der Waals surface area contributed by atoms with Crippen LogP contribution in [0.4, 0.5) is 0 Å². The van der Waals surface area contributed by atoms with E-state index >= 15 is 0 Å². The first-order valence-electron chi connectivity index (χ1n) is 19.9. The molecule has 0 aliphatic heterocycles. The molecule has 1 spiro atoms. The van der Waals surface area contributed by atoms with Gasteiger partial charge in [-0.3, -0.25) is 0 Å². The average molecular weight is 731 g/mol. The fraction of sp³-hybridized carbons (Fsp3) is 0.111. The van der Waals surface area contributed by atoms with Crippen molar-refractivity contribution in [3.63, 3.8) is 0 Å². The highest BCUT2D eigenvalue weighted by atomic mass is 16.3. The van der Waals surface area contributed by atoms with Crippen LogP contribution < -0.4 is 0 Å². The maximum absolute atomic E-state index is 6.82. The van der Waals surface area contributed by atoms with Crippen molar-refractivity contribution in [3.8, 4) is 23.2 Å². The topological polar surface area (TPSA) is 38.9 Å². The highest BCUT2D eigenvalue weighted by Gasteiger charge is 2.58. The molecule has 5 aliphatic carbocycles. The Balaban J connectivity index is 1.18. The number of aromatic nitrogens is 2. The van der Waals surface area contributed by atoms with E-state index in [0.29, 0.717) is 5.82 Å². The van der Waals surface area contributed by atoms with Crippen LogP contribution in [0.25, 0.3) is 61.2 Å². The first kappa shape index (κ1) is 33.3. The van der Waals surface area contributed by atoms with Crippen LogP contribution in [0.3, 0.4) is 0 Å². The Labute approximate surface area is 332 Å². The minimum Gasteiger partial charge on any atom is -0.455 e. The number of furan rings is 1. The van der Waals surface area contributed by atoms with Gasteiger partial charge in [0.15, 0.2) is 5.82 Å². The van der Waals surface area contributed by atoms with Crippen molar-refractivity contribution in [3.05, 3.63) is 210 Å². The Bertz CT molecular complexity index is 3050. The zero-order valence-electron chi connectivity index (χ0n) is 31.5. The van der Waals surface area contributed by atoms with Crippen LogP contribution in [0.1, 0.15) is 64.9 Å². The molecule has 4 aromatic carbocycles. The second-order valence-corrected chi connectivity index (χ2v) is 15.2. The molecule has 2 unspecified atom stereocenters. The van der Waals surface area contributed by atoms with Crippen LogP contribution in [0.5, 0.6) is 0 Å². The molecule has 0 saturated carbocycles. The smallest absolute Gasteiger partial charge is 0.160 e. The quantitative estimate of drug-likeness (QED) is 0.127. The molecule has 3 nitrogen and oxygen atoms in total. The maximum atomic E-state index is 6.82. The Morgan fingerprint density at radius 2 is 1.65 bits per heavy atom. The van der Waals surface area contributed by atoms with Crippen molar-refractivity contribution in [2.45, 2.75) is 31.1 Å². The molecule has 0 bridgehead atoms. The SMILES string of the molecule is C=CC=CC1=C(c2cccc(-c3nc(C4=CC#CCC=C4)cc(C4=CCCC=C4)n3)c2)C2(c3ccccc31)c1ccc3c(oc4ccccc43)c1C1=CC=CCC12. The number of hydrogen-bond acceptors (Lipinski definition) is 3. The van der Waals surface area contributed by atoms with Crippen LogP contribution in [-0.4, -0.2) is 9.97 Å². The van der Waals surface area contributed by atoms with E-state index in [4.69, 9.17) is 14.4 Å². The summed E-state index contributed by atoms with van der Waals surface area (Å²) < 4.78 is 6.82. The number of allylic oxidation sites excluding steroid dienone is 17. The van der Waals surface area contributed by atoms with Gasteiger partial charge in [0.25, 0.3) is 0 Å². The highest BCUT2D eigenvalue weighted by Crippen LogP contribution is 2.68. The van der Waals surface area contributed by atoms with Gasteiger partial charge in [0, 0.05) is 39.8 Å². The van der Waals surface area contributed by atoms with Crippen molar-refractivity contribution in [2.24, 2.45) is 5.92 Å². The lowest BCUT2D eigenvalue weighted by Gasteiger charge is -2.38. The first-order valence-corrected chi connectivity index (χ1v) is 19.9. The van der Waals surface area contributed by atoms with Gasteiger partial charge in [-0.2, -0.15) is 0 Å². The van der Waals surface area contributed by atoms with Crippen LogP contribution in [0.15, 0.2) is 175 Å². The molecule has 2 aromatic heterocycles. The lowest BCUT2D eigenvalue weighted by Crippen LogP contribution is -2.33. The molecule has 270 valence electrons. The van der Waals surface area contributed by atoms with Crippen molar-refractivity contribution >= 4 is 49.8 Å². The monoisotopic (exact) mass is 730 g/mol. The lowest BCUT2D eigenvalue weighted by atomic mass is 9.63. The Morgan fingerprint density at radius 3 is 2.56 bits per heavy atom. The largest absolute Gasteiger partial charge is 0.455 e. The van der Waals surface area contributed by atoms with E-state index in [-0.39, 0.29) is 5.92 Å². The van der Waals surface area contributed by atoms with Crippen LogP contribution in [-0.2, 0) is 5.41 Å². The van der Waals surface area contributed by atoms with Crippen LogP contribution >= 0.6 is 0 Å². The number of hydrogen-bond donors (Lipinski definition) is 0. The second kappa shape index (κ2) is 13.3. The summed E-state index contributed by atoms with van der Waals surface area (Å²) in [5.41, 5.74) is 16.3. The third kappa shape index (κ3) is 5.07. The number of nitrogens with zero attached hydrogens (tertiary/aromatic N) is 2. The van der Waals surface area contributed by atoms with Gasteiger partial charge in [0.1, 0.15) is 11.2 Å². The zero-order valence-corrected chi connectivity index (χ0v) is 31.5. The minimum atomic E-state index is -0.491. The van der Waals surface area contributed by atoms with E-state index in [1.165, 1.54) is 39.0 Å². The molecule has 2 atom stereocenters. The molecule has 3 heteroatoms. The van der Waals surface area contributed by atoms with E-state index < -0.39 is 5.41 Å². The molecular formula is C54H38N2O. The Morgan fingerprint density at radius 1 is 0.789 bits per heavy atom. The highest BCUT2D eigenvalue weighted by molar-refractivity contribution is 6.15. The molecule has 2 heterocycles. The molecular weight excluding hydrogens is 693 g/mol. The zero-order chi connectivity index (χ0) is 37.9. The molecule has 11 rings (SSSR count). The van der Waals surface area contributed by atoms with Crippen molar-refractivity contribution < 1.29 is 4.42 Å². The second-order valence-electron chi connectivity index (χ2n) is 15.2. The average Bonchev–Trinajstić information content (AvgIpc) is 3.79. The number of benzene rings is 4. The third-order valence-electron chi connectivity index (χ3n) is 12.2. The Hall–Kier alpha value is -7.02. The summed E-state index contributed by atoms with van der Waals surface area (Å²) in [5.74, 6) is 7.25. The van der Waals surface area contributed by atoms with Gasteiger partial charge >= 0.3 is 0 Å². The van der Waals surface area contributed by atoms with E-state index in [1.54, 1.807) is 0 Å². The van der Waals surface area contributed by atoms with Gasteiger partial charge < -0.3 is 4.42 Å². The lowest BCUT2D eigenvalue weighted by molar-refractivity contribution is 0.521. The van der Waals surface area contributed by atoms with Gasteiger partial charge in [-0.05, 0) is 88.1 Å². The number of para-hydroxylation sites is 1. The van der Waals surface area contributed by atoms with Gasteiger partial charge in [0.2, 0.25) is 0 Å². The van der Waals surface area contributed by atoms with Gasteiger partial charge in [-0.25, -0.2) is 9.97 Å². The number of fused-ring (bicyclic) bond motifs is 11. The van der Waals surface area contributed by atoms with Crippen molar-refractivity contribution in [1.29, 1.82) is 0 Å². The van der Waals surface area contributed by atoms with Gasteiger partial charge in [0.05, 0.1) is 16.8 Å². The molecule has 57 heavy (non-hydrogen) atoms. The third-order valence-corrected chi connectivity index (χ3v) is 12.2. The minimum absolute atomic E-state index is 0.150. The predicted octanol–water partition coefficient (Wildman–Crippen LogP) is 13.0. The van der Waals surface area contributed by atoms with Gasteiger partial charge in [-0.15, -0.1) is 0 Å². The van der Waals surface area contributed by atoms with Crippen molar-refractivity contribution in [2.75, 3.05) is 0 Å². The summed E-state index contributed by atoms with van der Waals surface area (Å²) in [6.45, 7) is 4.09. The summed E-state index contributed by atoms with van der Waals surface area (Å²) in [6, 6.07) is 33.1. The van der Waals surface area contributed by atoms with E-state index in [1.807, 2.05) is 12.2 Å². The van der Waals surface area contributed by atoms with Crippen LogP contribution in [0.2, 0.25) is 0 Å². The first-order chi connectivity index (χ1) is 28.2. The van der Waals surface area contributed by atoms with E-state index in [9.17, 15) is 0 Å². The molecule has 6 aromatic rings.